The van der Waals surface area contributed by atoms with E-state index in [4.69, 9.17) is 5.73 Å². The van der Waals surface area contributed by atoms with Crippen LogP contribution in [-0.4, -0.2) is 40.5 Å². The van der Waals surface area contributed by atoms with Crippen molar-refractivity contribution in [2.45, 2.75) is 59.9 Å². The fourth-order valence-electron chi connectivity index (χ4n) is 3.51. The maximum atomic E-state index is 13.3. The number of carbonyl (C=O) groups is 3. The van der Waals surface area contributed by atoms with Crippen LogP contribution in [0.3, 0.4) is 0 Å². The summed E-state index contributed by atoms with van der Waals surface area (Å²) >= 11 is 0. The maximum absolute atomic E-state index is 13.3. The van der Waals surface area contributed by atoms with Gasteiger partial charge in [0, 0.05) is 6.54 Å². The predicted molar refractivity (Wildman–Crippen MR) is 129 cm³/mol. The van der Waals surface area contributed by atoms with E-state index in [1.807, 2.05) is 70.2 Å². The van der Waals surface area contributed by atoms with E-state index >= 15 is 0 Å². The number of hydroxylamine groups is 1. The molecule has 0 aromatic heterocycles. The summed E-state index contributed by atoms with van der Waals surface area (Å²) in [4.78, 5) is 38.5. The monoisotopic (exact) mass is 460 g/mol. The van der Waals surface area contributed by atoms with Crippen LogP contribution in [0.15, 0.2) is 36.4 Å². The molecule has 33 heavy (non-hydrogen) atoms. The van der Waals surface area contributed by atoms with Crippen LogP contribution in [0.2, 0.25) is 0 Å². The van der Waals surface area contributed by atoms with Gasteiger partial charge in [0.25, 0.3) is 5.91 Å². The Kier molecular flexibility index (Phi) is 12.4. The number of amides is 3. The number of hydrazine groups is 1. The van der Waals surface area contributed by atoms with E-state index < -0.39 is 29.7 Å². The zero-order valence-electron chi connectivity index (χ0n) is 20.5. The van der Waals surface area contributed by atoms with Gasteiger partial charge >= 0.3 is 0 Å². The first-order chi connectivity index (χ1) is 15.6. The average Bonchev–Trinajstić information content (AvgIpc) is 2.79. The Morgan fingerprint density at radius 1 is 1.06 bits per heavy atom. The molecule has 0 saturated heterocycles. The van der Waals surface area contributed by atoms with Crippen molar-refractivity contribution in [1.29, 1.82) is 0 Å². The lowest BCUT2D eigenvalue weighted by molar-refractivity contribution is -0.148. The second-order valence-electron chi connectivity index (χ2n) is 9.09. The van der Waals surface area contributed by atoms with Crippen LogP contribution in [0.5, 0.6) is 0 Å². The summed E-state index contributed by atoms with van der Waals surface area (Å²) in [5.41, 5.74) is 11.2. The highest BCUT2D eigenvalue weighted by Crippen LogP contribution is 2.26. The topological polar surface area (TPSA) is 125 Å². The fraction of sp³-hybridized carbons (Fsp3) is 0.560. The van der Waals surface area contributed by atoms with Crippen molar-refractivity contribution in [2.75, 3.05) is 6.54 Å². The zero-order valence-corrected chi connectivity index (χ0v) is 20.5. The lowest BCUT2D eigenvalue weighted by atomic mass is 9.82. The third-order valence-corrected chi connectivity index (χ3v) is 5.59. The molecule has 0 spiro atoms. The first kappa shape index (κ1) is 28.3. The highest BCUT2D eigenvalue weighted by Gasteiger charge is 2.35. The minimum absolute atomic E-state index is 0.111. The Morgan fingerprint density at radius 3 is 2.21 bits per heavy atom. The summed E-state index contributed by atoms with van der Waals surface area (Å²) in [5.74, 6) is -2.77. The number of carbonyl (C=O) groups excluding carboxylic acids is 3. The van der Waals surface area contributed by atoms with Gasteiger partial charge in [-0.2, -0.15) is 0 Å². The Balaban J connectivity index is 3.15. The van der Waals surface area contributed by atoms with E-state index in [-0.39, 0.29) is 24.2 Å². The van der Waals surface area contributed by atoms with Gasteiger partial charge in [0.2, 0.25) is 11.8 Å². The van der Waals surface area contributed by atoms with Gasteiger partial charge in [0.1, 0.15) is 0 Å². The number of allylic oxidation sites excluding steroid dienone is 1. The Labute approximate surface area is 197 Å². The van der Waals surface area contributed by atoms with E-state index in [1.165, 1.54) is 5.01 Å². The highest BCUT2D eigenvalue weighted by atomic mass is 16.5. The first-order valence-corrected chi connectivity index (χ1v) is 11.6. The molecule has 8 nitrogen and oxygen atoms in total. The summed E-state index contributed by atoms with van der Waals surface area (Å²) in [6.45, 7) is 9.79. The van der Waals surface area contributed by atoms with Crippen LogP contribution < -0.4 is 16.6 Å². The number of nitrogens with two attached hydrogens (primary N) is 1. The molecular weight excluding hydrogens is 420 g/mol. The second-order valence-corrected chi connectivity index (χ2v) is 9.09. The van der Waals surface area contributed by atoms with E-state index in [0.29, 0.717) is 13.0 Å². The van der Waals surface area contributed by atoms with Crippen molar-refractivity contribution >= 4 is 23.8 Å². The molecule has 0 aliphatic heterocycles. The third-order valence-electron chi connectivity index (χ3n) is 5.59. The van der Waals surface area contributed by atoms with Gasteiger partial charge < -0.3 is 5.73 Å². The van der Waals surface area contributed by atoms with E-state index in [1.54, 1.807) is 12.4 Å². The molecule has 0 saturated carbocycles. The van der Waals surface area contributed by atoms with Crippen LogP contribution in [0.25, 0.3) is 6.08 Å². The fourth-order valence-corrected chi connectivity index (χ4v) is 3.51. The van der Waals surface area contributed by atoms with Gasteiger partial charge in [-0.15, -0.1) is 0 Å². The van der Waals surface area contributed by atoms with Crippen molar-refractivity contribution in [3.8, 4) is 0 Å². The molecule has 1 aromatic rings. The number of nitrogens with zero attached hydrogens (tertiary/aromatic N) is 1. The Hall–Kier alpha value is -2.71. The average molecular weight is 461 g/mol. The smallest absolute Gasteiger partial charge is 0.257 e. The lowest BCUT2D eigenvalue weighted by Crippen LogP contribution is -2.55. The molecule has 8 heteroatoms. The number of rotatable bonds is 12. The molecule has 0 heterocycles. The molecule has 184 valence electrons. The number of hydrogen-bond donors (Lipinski definition) is 4. The number of hydrogen-bond acceptors (Lipinski definition) is 5. The minimum Gasteiger partial charge on any atom is -0.320 e. The van der Waals surface area contributed by atoms with Gasteiger partial charge in [-0.25, -0.2) is 5.48 Å². The Morgan fingerprint density at radius 2 is 1.70 bits per heavy atom. The Bertz CT molecular complexity index is 780. The van der Waals surface area contributed by atoms with Crippen LogP contribution in [-0.2, 0) is 14.4 Å². The summed E-state index contributed by atoms with van der Waals surface area (Å²) in [6, 6.07) is 8.83. The molecule has 0 unspecified atom stereocenters. The van der Waals surface area contributed by atoms with Crippen LogP contribution in [0.4, 0.5) is 0 Å². The zero-order chi connectivity index (χ0) is 25.0. The summed E-state index contributed by atoms with van der Waals surface area (Å²) in [7, 11) is 0. The molecule has 0 radical (unpaired) electrons. The summed E-state index contributed by atoms with van der Waals surface area (Å²) in [5, 5.41) is 10.6. The molecular formula is C25H40N4O4. The minimum atomic E-state index is -0.812. The molecule has 0 aliphatic rings. The van der Waals surface area contributed by atoms with Gasteiger partial charge in [0.15, 0.2) is 0 Å². The van der Waals surface area contributed by atoms with Crippen molar-refractivity contribution in [3.05, 3.63) is 42.0 Å². The van der Waals surface area contributed by atoms with E-state index in [0.717, 1.165) is 12.0 Å². The third kappa shape index (κ3) is 9.75. The molecule has 1 rings (SSSR count). The second kappa shape index (κ2) is 14.4. The molecule has 4 atom stereocenters. The van der Waals surface area contributed by atoms with E-state index in [2.05, 4.69) is 5.43 Å². The van der Waals surface area contributed by atoms with Gasteiger partial charge in [-0.05, 0) is 37.2 Å². The van der Waals surface area contributed by atoms with Crippen molar-refractivity contribution in [2.24, 2.45) is 29.4 Å². The normalized spacial score (nSPS) is 15.0. The number of nitrogens with one attached hydrogen (secondary N) is 2. The van der Waals surface area contributed by atoms with Crippen molar-refractivity contribution in [3.63, 3.8) is 0 Å². The van der Waals surface area contributed by atoms with Crippen molar-refractivity contribution < 1.29 is 19.6 Å². The molecule has 5 N–H and O–H groups in total. The lowest BCUT2D eigenvalue weighted by Gasteiger charge is -2.31. The van der Waals surface area contributed by atoms with Crippen LogP contribution in [0.1, 0.15) is 59.4 Å². The molecule has 0 fully saturated rings. The summed E-state index contributed by atoms with van der Waals surface area (Å²) in [6.07, 6.45) is 5.18. The molecule has 3 amide bonds. The van der Waals surface area contributed by atoms with Crippen molar-refractivity contribution in [1.82, 2.24) is 15.9 Å². The number of benzene rings is 1. The summed E-state index contributed by atoms with van der Waals surface area (Å²) < 4.78 is 0. The first-order valence-electron chi connectivity index (χ1n) is 11.6. The van der Waals surface area contributed by atoms with Crippen LogP contribution >= 0.6 is 0 Å². The van der Waals surface area contributed by atoms with Gasteiger partial charge in [-0.1, -0.05) is 76.6 Å². The highest BCUT2D eigenvalue weighted by molar-refractivity contribution is 5.89. The van der Waals surface area contributed by atoms with Gasteiger partial charge in [-0.3, -0.25) is 30.0 Å². The van der Waals surface area contributed by atoms with Gasteiger partial charge in [0.05, 0.1) is 17.9 Å². The molecule has 0 aliphatic carbocycles. The molecule has 1 aromatic carbocycles. The van der Waals surface area contributed by atoms with E-state index in [9.17, 15) is 19.6 Å². The standard InChI is InChI=1S/C25H40N4O4/c1-6-18(4)16-29(25(32)19(5)26)27-23(30)22(15-17(2)3)21(24(31)28-33)14-10-13-20-11-8-7-9-12-20/h7-13,17-19,21-22,33H,6,14-16,26H2,1-5H3,(H,27,30)(H,28,31)/b13-10+/t18-,19+,21-,22+/m0/s1. The predicted octanol–water partition coefficient (Wildman–Crippen LogP) is 3.13. The molecule has 0 bridgehead atoms. The maximum Gasteiger partial charge on any atom is 0.257 e. The quantitative estimate of drug-likeness (QED) is 0.282. The largest absolute Gasteiger partial charge is 0.320 e. The van der Waals surface area contributed by atoms with Crippen LogP contribution in [0, 0.1) is 23.7 Å². The SMILES string of the molecule is CC[C@H](C)CN(NC(=O)[C@H](CC(C)C)[C@H](C/C=C/c1ccccc1)C(=O)NO)C(=O)[C@@H](C)N.